The second-order valence-corrected chi connectivity index (χ2v) is 6.00. The van der Waals surface area contributed by atoms with E-state index in [0.29, 0.717) is 17.9 Å². The fourth-order valence-corrected chi connectivity index (χ4v) is 2.87. The summed E-state index contributed by atoms with van der Waals surface area (Å²) in [6, 6.07) is 17.1. The molecular formula is C19H22O5. The van der Waals surface area contributed by atoms with E-state index in [4.69, 9.17) is 9.47 Å². The van der Waals surface area contributed by atoms with Crippen LogP contribution in [0.15, 0.2) is 54.6 Å². The van der Waals surface area contributed by atoms with Crippen molar-refractivity contribution >= 4 is 0 Å². The van der Waals surface area contributed by atoms with E-state index < -0.39 is 24.4 Å². The standard InChI is InChI=1S/C19H22O5/c20-11-16-10-17(21)18(22)19(24-16)14-7-4-8-15(9-14)23-12-13-5-2-1-3-6-13/h1-9,16-22H,10-12H2/t16-,17-,18-,19?/m0/s1. The molecule has 2 aromatic carbocycles. The van der Waals surface area contributed by atoms with E-state index in [9.17, 15) is 15.3 Å². The minimum absolute atomic E-state index is 0.190. The van der Waals surface area contributed by atoms with Crippen molar-refractivity contribution in [2.45, 2.75) is 37.4 Å². The van der Waals surface area contributed by atoms with Gasteiger partial charge < -0.3 is 24.8 Å². The molecule has 0 amide bonds. The van der Waals surface area contributed by atoms with Gasteiger partial charge in [-0.05, 0) is 23.3 Å². The normalized spacial score (nSPS) is 27.0. The Morgan fingerprint density at radius 1 is 1.04 bits per heavy atom. The number of ether oxygens (including phenoxy) is 2. The molecule has 1 aliphatic heterocycles. The van der Waals surface area contributed by atoms with Crippen LogP contribution in [0.1, 0.15) is 23.7 Å². The number of aliphatic hydroxyl groups is 3. The van der Waals surface area contributed by atoms with Crippen LogP contribution >= 0.6 is 0 Å². The van der Waals surface area contributed by atoms with Crippen LogP contribution in [0, 0.1) is 0 Å². The Balaban J connectivity index is 1.72. The maximum absolute atomic E-state index is 10.2. The molecule has 0 saturated carbocycles. The van der Waals surface area contributed by atoms with E-state index in [1.54, 1.807) is 6.07 Å². The zero-order valence-corrected chi connectivity index (χ0v) is 13.3. The van der Waals surface area contributed by atoms with E-state index in [1.807, 2.05) is 48.5 Å². The van der Waals surface area contributed by atoms with E-state index in [2.05, 4.69) is 0 Å². The van der Waals surface area contributed by atoms with Gasteiger partial charge in [0.25, 0.3) is 0 Å². The van der Waals surface area contributed by atoms with E-state index in [-0.39, 0.29) is 13.0 Å². The number of aliphatic hydroxyl groups excluding tert-OH is 3. The smallest absolute Gasteiger partial charge is 0.120 e. The molecule has 1 unspecified atom stereocenters. The van der Waals surface area contributed by atoms with Crippen LogP contribution in [-0.2, 0) is 11.3 Å². The average Bonchev–Trinajstić information content (AvgIpc) is 2.63. The Morgan fingerprint density at radius 2 is 1.83 bits per heavy atom. The largest absolute Gasteiger partial charge is 0.489 e. The molecule has 5 heteroatoms. The molecule has 3 rings (SSSR count). The second-order valence-electron chi connectivity index (χ2n) is 6.00. The van der Waals surface area contributed by atoms with Gasteiger partial charge in [0.15, 0.2) is 0 Å². The molecule has 0 aliphatic carbocycles. The lowest BCUT2D eigenvalue weighted by Crippen LogP contribution is -2.44. The molecule has 1 saturated heterocycles. The maximum Gasteiger partial charge on any atom is 0.120 e. The first-order valence-electron chi connectivity index (χ1n) is 8.06. The van der Waals surface area contributed by atoms with Gasteiger partial charge in [0.05, 0.1) is 18.8 Å². The summed E-state index contributed by atoms with van der Waals surface area (Å²) in [5, 5.41) is 29.4. The lowest BCUT2D eigenvalue weighted by molar-refractivity contribution is -0.179. The van der Waals surface area contributed by atoms with Crippen molar-refractivity contribution in [1.82, 2.24) is 0 Å². The summed E-state index contributed by atoms with van der Waals surface area (Å²) in [5.74, 6) is 0.660. The number of hydrogen-bond donors (Lipinski definition) is 3. The Kier molecular flexibility index (Phi) is 5.48. The summed E-state index contributed by atoms with van der Waals surface area (Å²) < 4.78 is 11.5. The van der Waals surface area contributed by atoms with Crippen LogP contribution in [0.25, 0.3) is 0 Å². The minimum atomic E-state index is -1.03. The van der Waals surface area contributed by atoms with Crippen molar-refractivity contribution in [2.24, 2.45) is 0 Å². The Bertz CT molecular complexity index is 645. The molecule has 24 heavy (non-hydrogen) atoms. The van der Waals surface area contributed by atoms with Crippen molar-refractivity contribution in [2.75, 3.05) is 6.61 Å². The molecule has 2 aromatic rings. The molecule has 5 nitrogen and oxygen atoms in total. The third kappa shape index (κ3) is 3.94. The van der Waals surface area contributed by atoms with Gasteiger partial charge in [-0.3, -0.25) is 0 Å². The summed E-state index contributed by atoms with van der Waals surface area (Å²) in [5.41, 5.74) is 1.78. The number of benzene rings is 2. The lowest BCUT2D eigenvalue weighted by Gasteiger charge is -2.36. The summed E-state index contributed by atoms with van der Waals surface area (Å²) in [6.45, 7) is 0.255. The molecule has 0 spiro atoms. The van der Waals surface area contributed by atoms with Gasteiger partial charge >= 0.3 is 0 Å². The van der Waals surface area contributed by atoms with Gasteiger partial charge in [-0.25, -0.2) is 0 Å². The van der Waals surface area contributed by atoms with Gasteiger partial charge in [0.1, 0.15) is 24.6 Å². The Morgan fingerprint density at radius 3 is 2.58 bits per heavy atom. The van der Waals surface area contributed by atoms with Crippen molar-refractivity contribution < 1.29 is 24.8 Å². The van der Waals surface area contributed by atoms with Gasteiger partial charge in [0.2, 0.25) is 0 Å². The fraction of sp³-hybridized carbons (Fsp3) is 0.368. The summed E-state index contributed by atoms with van der Waals surface area (Å²) in [6.07, 6.45) is -2.90. The quantitative estimate of drug-likeness (QED) is 0.779. The molecule has 0 aromatic heterocycles. The van der Waals surface area contributed by atoms with Gasteiger partial charge in [-0.15, -0.1) is 0 Å². The third-order valence-corrected chi connectivity index (χ3v) is 4.19. The number of hydrogen-bond acceptors (Lipinski definition) is 5. The van der Waals surface area contributed by atoms with E-state index in [1.165, 1.54) is 0 Å². The van der Waals surface area contributed by atoms with Crippen molar-refractivity contribution in [3.05, 3.63) is 65.7 Å². The zero-order chi connectivity index (χ0) is 16.9. The third-order valence-electron chi connectivity index (χ3n) is 4.19. The highest BCUT2D eigenvalue weighted by atomic mass is 16.5. The zero-order valence-electron chi connectivity index (χ0n) is 13.3. The number of rotatable bonds is 5. The van der Waals surface area contributed by atoms with Crippen molar-refractivity contribution in [3.63, 3.8) is 0 Å². The van der Waals surface area contributed by atoms with Gasteiger partial charge in [0, 0.05) is 6.42 Å². The lowest BCUT2D eigenvalue weighted by atomic mass is 9.93. The predicted octanol–water partition coefficient (Wildman–Crippen LogP) is 1.81. The predicted molar refractivity (Wildman–Crippen MR) is 88.5 cm³/mol. The first-order valence-corrected chi connectivity index (χ1v) is 8.06. The monoisotopic (exact) mass is 330 g/mol. The van der Waals surface area contributed by atoms with Gasteiger partial charge in [-0.2, -0.15) is 0 Å². The molecule has 1 fully saturated rings. The summed E-state index contributed by atoms with van der Waals surface area (Å²) in [4.78, 5) is 0. The van der Waals surface area contributed by atoms with Crippen LogP contribution < -0.4 is 4.74 Å². The Hall–Kier alpha value is -1.92. The Labute approximate surface area is 141 Å². The fourth-order valence-electron chi connectivity index (χ4n) is 2.87. The molecule has 0 radical (unpaired) electrons. The first-order chi connectivity index (χ1) is 11.7. The highest BCUT2D eigenvalue weighted by Gasteiger charge is 2.37. The van der Waals surface area contributed by atoms with Crippen LogP contribution in [0.2, 0.25) is 0 Å². The molecule has 128 valence electrons. The van der Waals surface area contributed by atoms with Crippen LogP contribution in [0.4, 0.5) is 0 Å². The van der Waals surface area contributed by atoms with E-state index in [0.717, 1.165) is 5.56 Å². The molecule has 4 atom stereocenters. The highest BCUT2D eigenvalue weighted by Crippen LogP contribution is 2.33. The van der Waals surface area contributed by atoms with Crippen LogP contribution in [-0.4, -0.2) is 40.2 Å². The van der Waals surface area contributed by atoms with Gasteiger partial charge in [-0.1, -0.05) is 42.5 Å². The molecule has 1 aliphatic rings. The molecule has 0 bridgehead atoms. The molecule has 3 N–H and O–H groups in total. The average molecular weight is 330 g/mol. The molecule has 1 heterocycles. The maximum atomic E-state index is 10.2. The summed E-state index contributed by atoms with van der Waals surface area (Å²) in [7, 11) is 0. The SMILES string of the molecule is OC[C@@H]1C[C@H](O)[C@H](O)C(c2cccc(OCc3ccccc3)c2)O1. The minimum Gasteiger partial charge on any atom is -0.489 e. The molecular weight excluding hydrogens is 308 g/mol. The topological polar surface area (TPSA) is 79.2 Å². The summed E-state index contributed by atoms with van der Waals surface area (Å²) >= 11 is 0. The van der Waals surface area contributed by atoms with Crippen molar-refractivity contribution in [1.29, 1.82) is 0 Å². The second kappa shape index (κ2) is 7.77. The highest BCUT2D eigenvalue weighted by molar-refractivity contribution is 5.31. The van der Waals surface area contributed by atoms with E-state index >= 15 is 0 Å². The van der Waals surface area contributed by atoms with Crippen LogP contribution in [0.3, 0.4) is 0 Å². The van der Waals surface area contributed by atoms with Crippen LogP contribution in [0.5, 0.6) is 5.75 Å². The first kappa shape index (κ1) is 16.9. The van der Waals surface area contributed by atoms with Crippen molar-refractivity contribution in [3.8, 4) is 5.75 Å².